The molecule has 0 bridgehead atoms. The zero-order valence-corrected chi connectivity index (χ0v) is 21.6. The second kappa shape index (κ2) is 17.5. The first-order valence-corrected chi connectivity index (χ1v) is 11.1. The molecular formula is C23H40IN3O4. The van der Waals surface area contributed by atoms with Gasteiger partial charge in [0.25, 0.3) is 0 Å². The maximum Gasteiger partial charge on any atom is 0.193 e. The van der Waals surface area contributed by atoms with E-state index in [9.17, 15) is 0 Å². The molecule has 0 aromatic heterocycles. The van der Waals surface area contributed by atoms with Crippen LogP contribution >= 0.6 is 24.0 Å². The van der Waals surface area contributed by atoms with E-state index >= 15 is 0 Å². The van der Waals surface area contributed by atoms with Gasteiger partial charge < -0.3 is 29.2 Å². The summed E-state index contributed by atoms with van der Waals surface area (Å²) in [5, 5.41) is 3.42. The van der Waals surface area contributed by atoms with E-state index in [1.807, 2.05) is 24.3 Å². The minimum atomic E-state index is 0. The third kappa shape index (κ3) is 11.4. The van der Waals surface area contributed by atoms with E-state index in [4.69, 9.17) is 23.9 Å². The van der Waals surface area contributed by atoms with E-state index in [-0.39, 0.29) is 24.0 Å². The van der Waals surface area contributed by atoms with Gasteiger partial charge in [0, 0.05) is 53.1 Å². The number of aliphatic imine (C=N–C) groups is 1. The first-order chi connectivity index (χ1) is 14.8. The zero-order valence-electron chi connectivity index (χ0n) is 19.3. The van der Waals surface area contributed by atoms with E-state index in [1.54, 1.807) is 14.2 Å². The topological polar surface area (TPSA) is 64.6 Å². The molecule has 1 aliphatic heterocycles. The highest BCUT2D eigenvalue weighted by atomic mass is 127. The molecular weight excluding hydrogens is 509 g/mol. The summed E-state index contributed by atoms with van der Waals surface area (Å²) in [7, 11) is 3.40. The highest BCUT2D eigenvalue weighted by Crippen LogP contribution is 2.14. The number of rotatable bonds is 13. The van der Waals surface area contributed by atoms with Crippen molar-refractivity contribution in [2.75, 3.05) is 60.2 Å². The number of methoxy groups -OCH3 is 2. The van der Waals surface area contributed by atoms with Gasteiger partial charge in [-0.15, -0.1) is 24.0 Å². The molecule has 1 aromatic carbocycles. The van der Waals surface area contributed by atoms with Crippen molar-refractivity contribution < 1.29 is 18.9 Å². The van der Waals surface area contributed by atoms with E-state index < -0.39 is 0 Å². The summed E-state index contributed by atoms with van der Waals surface area (Å²) < 4.78 is 22.0. The fourth-order valence-electron chi connectivity index (χ4n) is 3.38. The molecule has 0 amide bonds. The number of ether oxygens (including phenoxy) is 4. The van der Waals surface area contributed by atoms with Crippen LogP contribution in [0.5, 0.6) is 5.75 Å². The van der Waals surface area contributed by atoms with Gasteiger partial charge in [0.05, 0.1) is 19.8 Å². The van der Waals surface area contributed by atoms with Crippen molar-refractivity contribution in [2.45, 2.75) is 45.3 Å². The molecule has 0 unspecified atom stereocenters. The van der Waals surface area contributed by atoms with Gasteiger partial charge in [-0.05, 0) is 50.3 Å². The Balaban J connectivity index is 0.00000480. The van der Waals surface area contributed by atoms with Crippen LogP contribution in [0.1, 0.15) is 38.2 Å². The summed E-state index contributed by atoms with van der Waals surface area (Å²) in [4.78, 5) is 7.14. The molecule has 1 N–H and O–H groups in total. The normalized spacial score (nSPS) is 14.9. The number of hydrogen-bond donors (Lipinski definition) is 1. The van der Waals surface area contributed by atoms with Crippen LogP contribution in [0.2, 0.25) is 0 Å². The Morgan fingerprint density at radius 1 is 1.06 bits per heavy atom. The Bertz CT molecular complexity index is 593. The summed E-state index contributed by atoms with van der Waals surface area (Å²) in [6, 6.07) is 7.98. The smallest absolute Gasteiger partial charge is 0.193 e. The fourth-order valence-corrected chi connectivity index (χ4v) is 3.38. The van der Waals surface area contributed by atoms with Crippen molar-refractivity contribution in [3.8, 4) is 5.75 Å². The molecule has 0 radical (unpaired) electrons. The first-order valence-electron chi connectivity index (χ1n) is 11.1. The predicted molar refractivity (Wildman–Crippen MR) is 136 cm³/mol. The quantitative estimate of drug-likeness (QED) is 0.175. The SMILES string of the molecule is CCNC(=NCCCOCc1ccc(OC)cc1)N1CCC(OCCCOC)CC1.I. The molecule has 8 heteroatoms. The van der Waals surface area contributed by atoms with Gasteiger partial charge in [-0.2, -0.15) is 0 Å². The predicted octanol–water partition coefficient (Wildman–Crippen LogP) is 3.70. The maximum absolute atomic E-state index is 5.96. The van der Waals surface area contributed by atoms with Gasteiger partial charge in [-0.1, -0.05) is 12.1 Å². The monoisotopic (exact) mass is 549 g/mol. The number of likely N-dealkylation sites (tertiary alicyclic amines) is 1. The van der Waals surface area contributed by atoms with Gasteiger partial charge in [-0.25, -0.2) is 0 Å². The lowest BCUT2D eigenvalue weighted by Gasteiger charge is -2.34. The van der Waals surface area contributed by atoms with Gasteiger partial charge in [0.2, 0.25) is 0 Å². The third-order valence-electron chi connectivity index (χ3n) is 5.06. The van der Waals surface area contributed by atoms with Crippen molar-refractivity contribution >= 4 is 29.9 Å². The number of guanidine groups is 1. The van der Waals surface area contributed by atoms with E-state index in [1.165, 1.54) is 0 Å². The first kappa shape index (κ1) is 27.9. The van der Waals surface area contributed by atoms with E-state index in [0.717, 1.165) is 82.3 Å². The lowest BCUT2D eigenvalue weighted by atomic mass is 10.1. The average Bonchev–Trinajstić information content (AvgIpc) is 2.79. The van der Waals surface area contributed by atoms with Crippen LogP contribution in [0, 0.1) is 0 Å². The number of hydrogen-bond acceptors (Lipinski definition) is 5. The number of nitrogens with zero attached hydrogens (tertiary/aromatic N) is 2. The Morgan fingerprint density at radius 3 is 2.45 bits per heavy atom. The fraction of sp³-hybridized carbons (Fsp3) is 0.696. The number of nitrogens with one attached hydrogen (secondary N) is 1. The molecule has 0 spiro atoms. The van der Waals surface area contributed by atoms with Crippen molar-refractivity contribution in [2.24, 2.45) is 4.99 Å². The van der Waals surface area contributed by atoms with Gasteiger partial charge >= 0.3 is 0 Å². The highest BCUT2D eigenvalue weighted by molar-refractivity contribution is 14.0. The average molecular weight is 549 g/mol. The maximum atomic E-state index is 5.96. The molecule has 2 rings (SSSR count). The summed E-state index contributed by atoms with van der Waals surface area (Å²) in [6.45, 7) is 8.57. The Morgan fingerprint density at radius 2 is 1.81 bits per heavy atom. The van der Waals surface area contributed by atoms with Crippen LogP contribution in [-0.2, 0) is 20.8 Å². The molecule has 1 saturated heterocycles. The van der Waals surface area contributed by atoms with Crippen LogP contribution < -0.4 is 10.1 Å². The van der Waals surface area contributed by atoms with Gasteiger partial charge in [0.15, 0.2) is 5.96 Å². The second-order valence-corrected chi connectivity index (χ2v) is 7.39. The summed E-state index contributed by atoms with van der Waals surface area (Å²) in [5.41, 5.74) is 1.15. The number of halogens is 1. The molecule has 0 atom stereocenters. The van der Waals surface area contributed by atoms with E-state index in [0.29, 0.717) is 19.3 Å². The molecule has 7 nitrogen and oxygen atoms in total. The number of piperidine rings is 1. The summed E-state index contributed by atoms with van der Waals surface area (Å²) in [5.74, 6) is 1.87. The molecule has 1 aliphatic rings. The molecule has 178 valence electrons. The minimum Gasteiger partial charge on any atom is -0.497 e. The number of benzene rings is 1. The van der Waals surface area contributed by atoms with Gasteiger partial charge in [-0.3, -0.25) is 4.99 Å². The minimum absolute atomic E-state index is 0. The summed E-state index contributed by atoms with van der Waals surface area (Å²) in [6.07, 6.45) is 4.31. The van der Waals surface area contributed by atoms with Crippen molar-refractivity contribution in [1.82, 2.24) is 10.2 Å². The Labute approximate surface area is 204 Å². The molecule has 1 fully saturated rings. The van der Waals surface area contributed by atoms with Crippen LogP contribution in [0.3, 0.4) is 0 Å². The second-order valence-electron chi connectivity index (χ2n) is 7.39. The lowest BCUT2D eigenvalue weighted by Crippen LogP contribution is -2.47. The van der Waals surface area contributed by atoms with Crippen LogP contribution in [0.25, 0.3) is 0 Å². The molecule has 1 heterocycles. The van der Waals surface area contributed by atoms with Crippen molar-refractivity contribution in [3.05, 3.63) is 29.8 Å². The Hall–Kier alpha value is -1.10. The van der Waals surface area contributed by atoms with Crippen LogP contribution in [0.4, 0.5) is 0 Å². The third-order valence-corrected chi connectivity index (χ3v) is 5.06. The standard InChI is InChI=1S/C23H39N3O4.HI/c1-4-24-23(26-14-11-22(12-15-26)30-18-6-16-27-2)25-13-5-17-29-19-20-7-9-21(28-3)10-8-20;/h7-10,22H,4-6,11-19H2,1-3H3,(H,24,25);1H. The molecule has 31 heavy (non-hydrogen) atoms. The van der Waals surface area contributed by atoms with Crippen molar-refractivity contribution in [1.29, 1.82) is 0 Å². The lowest BCUT2D eigenvalue weighted by molar-refractivity contribution is 0.00990. The molecule has 0 saturated carbocycles. The Kier molecular flexibility index (Phi) is 15.7. The largest absolute Gasteiger partial charge is 0.497 e. The van der Waals surface area contributed by atoms with Crippen LogP contribution in [-0.4, -0.2) is 77.2 Å². The van der Waals surface area contributed by atoms with Crippen LogP contribution in [0.15, 0.2) is 29.3 Å². The molecule has 1 aromatic rings. The summed E-state index contributed by atoms with van der Waals surface area (Å²) >= 11 is 0. The molecule has 0 aliphatic carbocycles. The van der Waals surface area contributed by atoms with Crippen molar-refractivity contribution in [3.63, 3.8) is 0 Å². The highest BCUT2D eigenvalue weighted by Gasteiger charge is 2.21. The van der Waals surface area contributed by atoms with E-state index in [2.05, 4.69) is 17.1 Å². The van der Waals surface area contributed by atoms with Gasteiger partial charge in [0.1, 0.15) is 5.75 Å². The zero-order chi connectivity index (χ0) is 21.4.